The Morgan fingerprint density at radius 2 is 1.75 bits per heavy atom. The van der Waals surface area contributed by atoms with Crippen molar-refractivity contribution in [3.05, 3.63) is 24.3 Å². The lowest BCUT2D eigenvalue weighted by atomic mass is 9.72. The average molecular weight is 218 g/mol. The minimum absolute atomic E-state index is 0.799. The second-order valence-corrected chi connectivity index (χ2v) is 5.81. The average Bonchev–Trinajstić information content (AvgIpc) is 2.59. The van der Waals surface area contributed by atoms with Crippen LogP contribution < -0.4 is 0 Å². The van der Waals surface area contributed by atoms with Crippen LogP contribution in [0, 0.1) is 23.7 Å². The first kappa shape index (κ1) is 12.0. The minimum Gasteiger partial charge on any atom is -0.0885 e. The van der Waals surface area contributed by atoms with Gasteiger partial charge in [-0.3, -0.25) is 0 Å². The molecule has 4 atom stereocenters. The molecular weight excluding hydrogens is 192 g/mol. The Morgan fingerprint density at radius 1 is 0.875 bits per heavy atom. The SMILES string of the molecule is CC1C=CCCCC1C1CCC=CCC1C. The van der Waals surface area contributed by atoms with E-state index in [0.717, 1.165) is 23.7 Å². The summed E-state index contributed by atoms with van der Waals surface area (Å²) in [6, 6.07) is 0. The molecule has 0 radical (unpaired) electrons. The molecule has 0 aromatic carbocycles. The van der Waals surface area contributed by atoms with E-state index >= 15 is 0 Å². The predicted octanol–water partition coefficient (Wildman–Crippen LogP) is 4.97. The van der Waals surface area contributed by atoms with Crippen molar-refractivity contribution >= 4 is 0 Å². The van der Waals surface area contributed by atoms with Crippen LogP contribution in [0.25, 0.3) is 0 Å². The van der Waals surface area contributed by atoms with E-state index in [2.05, 4.69) is 38.2 Å². The van der Waals surface area contributed by atoms with Crippen LogP contribution in [0.5, 0.6) is 0 Å². The Morgan fingerprint density at radius 3 is 2.62 bits per heavy atom. The van der Waals surface area contributed by atoms with Crippen molar-refractivity contribution in [3.8, 4) is 0 Å². The van der Waals surface area contributed by atoms with Crippen molar-refractivity contribution in [2.24, 2.45) is 23.7 Å². The molecule has 0 nitrogen and oxygen atoms in total. The summed E-state index contributed by atoms with van der Waals surface area (Å²) >= 11 is 0. The molecule has 0 aliphatic heterocycles. The molecule has 2 aliphatic carbocycles. The molecule has 2 rings (SSSR count). The molecule has 0 aromatic rings. The Balaban J connectivity index is 2.06. The predicted molar refractivity (Wildman–Crippen MR) is 71.3 cm³/mol. The fourth-order valence-corrected chi connectivity index (χ4v) is 3.60. The van der Waals surface area contributed by atoms with E-state index in [0.29, 0.717) is 0 Å². The first-order chi connectivity index (χ1) is 7.79. The highest BCUT2D eigenvalue weighted by Crippen LogP contribution is 2.39. The Hall–Kier alpha value is -0.520. The van der Waals surface area contributed by atoms with Gasteiger partial charge in [0.1, 0.15) is 0 Å². The Kier molecular flexibility index (Phi) is 4.26. The van der Waals surface area contributed by atoms with Crippen molar-refractivity contribution < 1.29 is 0 Å². The van der Waals surface area contributed by atoms with Crippen LogP contribution in [-0.4, -0.2) is 0 Å². The highest BCUT2D eigenvalue weighted by atomic mass is 14.3. The minimum atomic E-state index is 0.799. The number of allylic oxidation sites excluding steroid dienone is 4. The van der Waals surface area contributed by atoms with Gasteiger partial charge < -0.3 is 0 Å². The van der Waals surface area contributed by atoms with Gasteiger partial charge in [0.15, 0.2) is 0 Å². The van der Waals surface area contributed by atoms with Crippen LogP contribution in [0.3, 0.4) is 0 Å². The maximum absolute atomic E-state index is 2.47. The summed E-state index contributed by atoms with van der Waals surface area (Å²) in [5, 5.41) is 0. The molecule has 90 valence electrons. The molecule has 0 fully saturated rings. The van der Waals surface area contributed by atoms with Crippen molar-refractivity contribution in [2.75, 3.05) is 0 Å². The van der Waals surface area contributed by atoms with Crippen LogP contribution in [0.15, 0.2) is 24.3 Å². The lowest BCUT2D eigenvalue weighted by molar-refractivity contribution is 0.181. The molecular formula is C16H26. The topological polar surface area (TPSA) is 0 Å². The van der Waals surface area contributed by atoms with Gasteiger partial charge in [-0.05, 0) is 62.2 Å². The summed E-state index contributed by atoms with van der Waals surface area (Å²) in [6.45, 7) is 4.89. The molecule has 0 saturated carbocycles. The lowest BCUT2D eigenvalue weighted by Gasteiger charge is -2.33. The van der Waals surface area contributed by atoms with Crippen LogP contribution >= 0.6 is 0 Å². The smallest absolute Gasteiger partial charge is 0.0231 e. The zero-order chi connectivity index (χ0) is 11.4. The normalized spacial score (nSPS) is 40.4. The summed E-state index contributed by atoms with van der Waals surface area (Å²) < 4.78 is 0. The molecule has 0 spiro atoms. The highest BCUT2D eigenvalue weighted by molar-refractivity contribution is 4.98. The molecule has 0 heteroatoms. The van der Waals surface area contributed by atoms with E-state index in [1.54, 1.807) is 0 Å². The van der Waals surface area contributed by atoms with Crippen LogP contribution in [0.1, 0.15) is 52.4 Å². The summed E-state index contributed by atoms with van der Waals surface area (Å²) in [6.07, 6.45) is 17.9. The number of rotatable bonds is 1. The summed E-state index contributed by atoms with van der Waals surface area (Å²) in [5.41, 5.74) is 0. The summed E-state index contributed by atoms with van der Waals surface area (Å²) in [7, 11) is 0. The second-order valence-electron chi connectivity index (χ2n) is 5.81. The zero-order valence-corrected chi connectivity index (χ0v) is 10.9. The van der Waals surface area contributed by atoms with E-state index in [9.17, 15) is 0 Å². The van der Waals surface area contributed by atoms with Gasteiger partial charge in [-0.15, -0.1) is 0 Å². The molecule has 4 unspecified atom stereocenters. The van der Waals surface area contributed by atoms with E-state index in [-0.39, 0.29) is 0 Å². The van der Waals surface area contributed by atoms with Crippen molar-refractivity contribution in [1.29, 1.82) is 0 Å². The van der Waals surface area contributed by atoms with Crippen LogP contribution in [0.2, 0.25) is 0 Å². The third-order valence-corrected chi connectivity index (χ3v) is 4.65. The summed E-state index contributed by atoms with van der Waals surface area (Å²) in [4.78, 5) is 0. The van der Waals surface area contributed by atoms with E-state index in [1.165, 1.54) is 38.5 Å². The fraction of sp³-hybridized carbons (Fsp3) is 0.750. The maximum atomic E-state index is 2.47. The monoisotopic (exact) mass is 218 g/mol. The van der Waals surface area contributed by atoms with Gasteiger partial charge in [-0.25, -0.2) is 0 Å². The van der Waals surface area contributed by atoms with Crippen LogP contribution in [-0.2, 0) is 0 Å². The van der Waals surface area contributed by atoms with Gasteiger partial charge in [-0.2, -0.15) is 0 Å². The van der Waals surface area contributed by atoms with Gasteiger partial charge in [0.05, 0.1) is 0 Å². The first-order valence-electron chi connectivity index (χ1n) is 7.10. The third-order valence-electron chi connectivity index (χ3n) is 4.65. The lowest BCUT2D eigenvalue weighted by Crippen LogP contribution is -2.25. The quantitative estimate of drug-likeness (QED) is 0.545. The molecule has 0 bridgehead atoms. The molecule has 0 N–H and O–H groups in total. The second kappa shape index (κ2) is 5.70. The van der Waals surface area contributed by atoms with Gasteiger partial charge in [-0.1, -0.05) is 38.2 Å². The van der Waals surface area contributed by atoms with E-state index in [4.69, 9.17) is 0 Å². The largest absolute Gasteiger partial charge is 0.0885 e. The van der Waals surface area contributed by atoms with Crippen LogP contribution in [0.4, 0.5) is 0 Å². The number of hydrogen-bond donors (Lipinski definition) is 0. The standard InChI is InChI=1S/C16H26/c1-13-9-5-3-7-11-15(13)16-12-8-4-6-10-14(16)2/h3,5-6,10,13-16H,4,7-9,11-12H2,1-2H3. The molecule has 0 heterocycles. The first-order valence-corrected chi connectivity index (χ1v) is 7.10. The van der Waals surface area contributed by atoms with Gasteiger partial charge in [0.2, 0.25) is 0 Å². The Labute approximate surface area is 101 Å². The summed E-state index contributed by atoms with van der Waals surface area (Å²) in [5.74, 6) is 3.58. The molecule has 0 amide bonds. The van der Waals surface area contributed by atoms with Crippen molar-refractivity contribution in [1.82, 2.24) is 0 Å². The third kappa shape index (κ3) is 2.78. The van der Waals surface area contributed by atoms with E-state index in [1.807, 2.05) is 0 Å². The fourth-order valence-electron chi connectivity index (χ4n) is 3.60. The molecule has 16 heavy (non-hydrogen) atoms. The van der Waals surface area contributed by atoms with E-state index < -0.39 is 0 Å². The van der Waals surface area contributed by atoms with Gasteiger partial charge >= 0.3 is 0 Å². The Bertz CT molecular complexity index is 261. The molecule has 0 aromatic heterocycles. The zero-order valence-electron chi connectivity index (χ0n) is 10.9. The highest BCUT2D eigenvalue weighted by Gasteiger charge is 2.29. The van der Waals surface area contributed by atoms with Gasteiger partial charge in [0, 0.05) is 0 Å². The molecule has 2 aliphatic rings. The van der Waals surface area contributed by atoms with Crippen molar-refractivity contribution in [2.45, 2.75) is 52.4 Å². The maximum Gasteiger partial charge on any atom is -0.0231 e. The van der Waals surface area contributed by atoms with Gasteiger partial charge in [0.25, 0.3) is 0 Å². The molecule has 0 saturated heterocycles. The van der Waals surface area contributed by atoms with Crippen molar-refractivity contribution in [3.63, 3.8) is 0 Å². The number of hydrogen-bond acceptors (Lipinski definition) is 0.